The van der Waals surface area contributed by atoms with Gasteiger partial charge >= 0.3 is 5.97 Å². The summed E-state index contributed by atoms with van der Waals surface area (Å²) in [6, 6.07) is 1.58. The molecule has 1 aromatic rings. The molecule has 0 spiro atoms. The van der Waals surface area contributed by atoms with Crippen LogP contribution < -0.4 is 0 Å². The molecule has 6 heteroatoms. The van der Waals surface area contributed by atoms with Gasteiger partial charge in [-0.2, -0.15) is 0 Å². The van der Waals surface area contributed by atoms with Crippen molar-refractivity contribution in [3.8, 4) is 0 Å². The van der Waals surface area contributed by atoms with Crippen molar-refractivity contribution >= 4 is 5.97 Å². The highest BCUT2D eigenvalue weighted by Gasteiger charge is 2.31. The summed E-state index contributed by atoms with van der Waals surface area (Å²) in [5.41, 5.74) is 0.177. The van der Waals surface area contributed by atoms with E-state index in [-0.39, 0.29) is 11.6 Å². The summed E-state index contributed by atoms with van der Waals surface area (Å²) in [7, 11) is 0. The van der Waals surface area contributed by atoms with Gasteiger partial charge < -0.3 is 18.7 Å². The first-order valence-corrected chi connectivity index (χ1v) is 5.93. The maximum atomic E-state index is 11.4. The first-order chi connectivity index (χ1) is 8.52. The number of carbonyl (C=O) groups excluding carboxylic acids is 1. The number of rotatable bonds is 3. The third-order valence-electron chi connectivity index (χ3n) is 2.68. The standard InChI is InChI=1S/C12H17NO5/c1-4-15-11(14)9-5-10(18-13-9)8-6-16-12(2,3)17-7-8/h5,8H,4,6-7H2,1-3H3. The molecule has 2 rings (SSSR count). The highest BCUT2D eigenvalue weighted by Crippen LogP contribution is 2.27. The monoisotopic (exact) mass is 255 g/mol. The average Bonchev–Trinajstić information content (AvgIpc) is 2.79. The third kappa shape index (κ3) is 2.88. The van der Waals surface area contributed by atoms with Crippen LogP contribution >= 0.6 is 0 Å². The van der Waals surface area contributed by atoms with Gasteiger partial charge in [0.15, 0.2) is 11.5 Å². The summed E-state index contributed by atoms with van der Waals surface area (Å²) in [5.74, 6) is -0.520. The molecule has 0 unspecified atom stereocenters. The summed E-state index contributed by atoms with van der Waals surface area (Å²) in [6.07, 6.45) is 0. The SMILES string of the molecule is CCOC(=O)c1cc(C2COC(C)(C)OC2)on1. The molecule has 0 N–H and O–H groups in total. The van der Waals surface area contributed by atoms with Gasteiger partial charge in [-0.3, -0.25) is 0 Å². The lowest BCUT2D eigenvalue weighted by Crippen LogP contribution is -2.38. The predicted molar refractivity (Wildman–Crippen MR) is 61.2 cm³/mol. The van der Waals surface area contributed by atoms with E-state index >= 15 is 0 Å². The molecular formula is C12H17NO5. The van der Waals surface area contributed by atoms with Gasteiger partial charge in [-0.05, 0) is 20.8 Å². The van der Waals surface area contributed by atoms with Crippen molar-refractivity contribution in [2.24, 2.45) is 0 Å². The Bertz CT molecular complexity index is 416. The minimum atomic E-state index is -0.569. The molecule has 1 aliphatic heterocycles. The molecule has 0 bridgehead atoms. The van der Waals surface area contributed by atoms with Crippen LogP contribution in [-0.4, -0.2) is 36.7 Å². The van der Waals surface area contributed by atoms with Crippen molar-refractivity contribution in [1.29, 1.82) is 0 Å². The zero-order valence-electron chi connectivity index (χ0n) is 10.8. The molecule has 2 heterocycles. The number of hydrogen-bond donors (Lipinski definition) is 0. The van der Waals surface area contributed by atoms with Gasteiger partial charge in [-0.25, -0.2) is 4.79 Å². The van der Waals surface area contributed by atoms with Gasteiger partial charge in [0.2, 0.25) is 0 Å². The smallest absolute Gasteiger partial charge is 0.360 e. The van der Waals surface area contributed by atoms with Crippen LogP contribution in [-0.2, 0) is 14.2 Å². The van der Waals surface area contributed by atoms with Crippen LogP contribution in [0.1, 0.15) is 42.9 Å². The maximum absolute atomic E-state index is 11.4. The van der Waals surface area contributed by atoms with Crippen LogP contribution in [0.3, 0.4) is 0 Å². The van der Waals surface area contributed by atoms with E-state index in [0.717, 1.165) is 0 Å². The van der Waals surface area contributed by atoms with E-state index in [1.54, 1.807) is 13.0 Å². The molecule has 0 radical (unpaired) electrons. The minimum absolute atomic E-state index is 0.0475. The fraction of sp³-hybridized carbons (Fsp3) is 0.667. The molecule has 18 heavy (non-hydrogen) atoms. The number of aromatic nitrogens is 1. The summed E-state index contributed by atoms with van der Waals surface area (Å²) < 4.78 is 21.0. The van der Waals surface area contributed by atoms with E-state index in [4.69, 9.17) is 18.7 Å². The summed E-state index contributed by atoms with van der Waals surface area (Å²) >= 11 is 0. The molecule has 1 aliphatic rings. The number of esters is 1. The molecule has 0 aliphatic carbocycles. The van der Waals surface area contributed by atoms with E-state index in [1.165, 1.54) is 0 Å². The Hall–Kier alpha value is -1.40. The highest BCUT2D eigenvalue weighted by atomic mass is 16.7. The van der Waals surface area contributed by atoms with Gasteiger partial charge in [0.25, 0.3) is 0 Å². The molecule has 6 nitrogen and oxygen atoms in total. The van der Waals surface area contributed by atoms with Crippen molar-refractivity contribution in [2.75, 3.05) is 19.8 Å². The van der Waals surface area contributed by atoms with Crippen LogP contribution in [0, 0.1) is 0 Å². The fourth-order valence-corrected chi connectivity index (χ4v) is 1.64. The molecule has 1 fully saturated rings. The summed E-state index contributed by atoms with van der Waals surface area (Å²) in [5, 5.41) is 3.69. The average molecular weight is 255 g/mol. The van der Waals surface area contributed by atoms with Crippen LogP contribution in [0.4, 0.5) is 0 Å². The normalized spacial score (nSPS) is 19.7. The Kier molecular flexibility index (Phi) is 3.68. The Balaban J connectivity index is 2.00. The molecular weight excluding hydrogens is 238 g/mol. The van der Waals surface area contributed by atoms with Crippen molar-refractivity contribution in [3.63, 3.8) is 0 Å². The van der Waals surface area contributed by atoms with Gasteiger partial charge in [0.1, 0.15) is 5.76 Å². The second-order valence-corrected chi connectivity index (χ2v) is 4.55. The molecule has 0 atom stereocenters. The number of carbonyl (C=O) groups is 1. The topological polar surface area (TPSA) is 70.8 Å². The number of nitrogens with zero attached hydrogens (tertiary/aromatic N) is 1. The van der Waals surface area contributed by atoms with Crippen LogP contribution in [0.25, 0.3) is 0 Å². The summed E-state index contributed by atoms with van der Waals surface area (Å²) in [4.78, 5) is 11.4. The van der Waals surface area contributed by atoms with Crippen LogP contribution in [0.5, 0.6) is 0 Å². The second-order valence-electron chi connectivity index (χ2n) is 4.55. The molecule has 0 amide bonds. The Labute approximate surface area is 105 Å². The zero-order valence-corrected chi connectivity index (χ0v) is 10.8. The van der Waals surface area contributed by atoms with Crippen molar-refractivity contribution in [3.05, 3.63) is 17.5 Å². The van der Waals surface area contributed by atoms with E-state index < -0.39 is 11.8 Å². The number of ether oxygens (including phenoxy) is 3. The largest absolute Gasteiger partial charge is 0.461 e. The first-order valence-electron chi connectivity index (χ1n) is 5.93. The van der Waals surface area contributed by atoms with Crippen molar-refractivity contribution in [1.82, 2.24) is 5.16 Å². The minimum Gasteiger partial charge on any atom is -0.461 e. The molecule has 1 aromatic heterocycles. The van der Waals surface area contributed by atoms with Crippen molar-refractivity contribution in [2.45, 2.75) is 32.5 Å². The van der Waals surface area contributed by atoms with Crippen LogP contribution in [0.2, 0.25) is 0 Å². The predicted octanol–water partition coefficient (Wildman–Crippen LogP) is 1.72. The molecule has 0 saturated carbocycles. The molecule has 1 saturated heterocycles. The van der Waals surface area contributed by atoms with E-state index in [2.05, 4.69) is 5.16 Å². The van der Waals surface area contributed by atoms with Gasteiger partial charge in [0.05, 0.1) is 25.7 Å². The van der Waals surface area contributed by atoms with Crippen molar-refractivity contribution < 1.29 is 23.5 Å². The van der Waals surface area contributed by atoms with Gasteiger partial charge in [-0.15, -0.1) is 0 Å². The Morgan fingerprint density at radius 2 is 2.17 bits per heavy atom. The number of hydrogen-bond acceptors (Lipinski definition) is 6. The van der Waals surface area contributed by atoms with Crippen LogP contribution in [0.15, 0.2) is 10.6 Å². The quantitative estimate of drug-likeness (QED) is 0.766. The lowest BCUT2D eigenvalue weighted by molar-refractivity contribution is -0.252. The summed E-state index contributed by atoms with van der Waals surface area (Å²) in [6.45, 7) is 6.71. The van der Waals surface area contributed by atoms with E-state index in [1.807, 2.05) is 13.8 Å². The molecule has 100 valence electrons. The van der Waals surface area contributed by atoms with E-state index in [0.29, 0.717) is 25.6 Å². The van der Waals surface area contributed by atoms with Gasteiger partial charge in [0, 0.05) is 6.07 Å². The lowest BCUT2D eigenvalue weighted by Gasteiger charge is -2.33. The van der Waals surface area contributed by atoms with E-state index in [9.17, 15) is 4.79 Å². The lowest BCUT2D eigenvalue weighted by atomic mass is 10.1. The zero-order chi connectivity index (χ0) is 13.2. The molecule has 0 aromatic carbocycles. The third-order valence-corrected chi connectivity index (χ3v) is 2.68. The Morgan fingerprint density at radius 3 is 2.78 bits per heavy atom. The Morgan fingerprint density at radius 1 is 1.50 bits per heavy atom. The fourth-order valence-electron chi connectivity index (χ4n) is 1.64. The van der Waals surface area contributed by atoms with Gasteiger partial charge in [-0.1, -0.05) is 5.16 Å². The second kappa shape index (κ2) is 5.07. The first kappa shape index (κ1) is 13.0. The highest BCUT2D eigenvalue weighted by molar-refractivity contribution is 5.87. The maximum Gasteiger partial charge on any atom is 0.360 e.